The van der Waals surface area contributed by atoms with Crippen LogP contribution in [0.25, 0.3) is 21.0 Å². The van der Waals surface area contributed by atoms with Gasteiger partial charge in [0, 0.05) is 0 Å². The van der Waals surface area contributed by atoms with Crippen molar-refractivity contribution >= 4 is 43.4 Å². The van der Waals surface area contributed by atoms with Gasteiger partial charge in [-0.3, -0.25) is 9.69 Å². The van der Waals surface area contributed by atoms with Crippen LogP contribution in [0.4, 0.5) is 5.13 Å². The lowest BCUT2D eigenvalue weighted by Gasteiger charge is -2.19. The molecule has 3 aromatic carbocycles. The van der Waals surface area contributed by atoms with Gasteiger partial charge in [0.05, 0.1) is 36.1 Å². The van der Waals surface area contributed by atoms with Gasteiger partial charge in [-0.05, 0) is 53.6 Å². The first-order valence-electron chi connectivity index (χ1n) is 10.5. The average molecular weight is 443 g/mol. The Kier molecular flexibility index (Phi) is 5.60. The number of rotatable bonds is 7. The first-order chi connectivity index (χ1) is 15.7. The number of amides is 1. The van der Waals surface area contributed by atoms with E-state index in [1.807, 2.05) is 61.5 Å². The van der Waals surface area contributed by atoms with Crippen molar-refractivity contribution in [2.45, 2.75) is 19.9 Å². The fraction of sp³-hybridized carbons (Fsp3) is 0.154. The Labute approximate surface area is 189 Å². The Hall–Kier alpha value is -3.64. The smallest absolute Gasteiger partial charge is 0.233 e. The number of carbonyl (C=O) groups excluding carboxylic acids is 1. The lowest BCUT2D eigenvalue weighted by Crippen LogP contribution is -2.31. The number of hydrogen-bond donors (Lipinski definition) is 0. The molecule has 0 unspecified atom stereocenters. The van der Waals surface area contributed by atoms with Gasteiger partial charge in [-0.15, -0.1) is 0 Å². The van der Waals surface area contributed by atoms with Crippen LogP contribution in [0, 0.1) is 0 Å². The number of nitrogens with zero attached hydrogens (tertiary/aromatic N) is 2. The fourth-order valence-electron chi connectivity index (χ4n) is 3.79. The van der Waals surface area contributed by atoms with Crippen molar-refractivity contribution < 1.29 is 13.9 Å². The molecule has 160 valence electrons. The zero-order valence-electron chi connectivity index (χ0n) is 17.7. The predicted molar refractivity (Wildman–Crippen MR) is 128 cm³/mol. The molecule has 0 spiro atoms. The molecule has 2 heterocycles. The summed E-state index contributed by atoms with van der Waals surface area (Å²) in [5, 5.41) is 2.86. The van der Waals surface area contributed by atoms with Gasteiger partial charge in [0.2, 0.25) is 5.91 Å². The van der Waals surface area contributed by atoms with Crippen molar-refractivity contribution in [3.63, 3.8) is 0 Å². The molecule has 2 aromatic heterocycles. The van der Waals surface area contributed by atoms with Crippen LogP contribution in [0.5, 0.6) is 5.75 Å². The van der Waals surface area contributed by atoms with Crippen LogP contribution in [-0.2, 0) is 17.8 Å². The third-order valence-corrected chi connectivity index (χ3v) is 6.35. The van der Waals surface area contributed by atoms with Crippen LogP contribution < -0.4 is 9.64 Å². The van der Waals surface area contributed by atoms with Gasteiger partial charge < -0.3 is 9.15 Å². The zero-order valence-corrected chi connectivity index (χ0v) is 18.5. The standard InChI is InChI=1S/C26H22N2O3S/c1-2-30-20-12-13-23-24(16-20)32-26(27-23)28(17-21-10-6-14-31-21)25(29)15-19-9-5-8-18-7-3-4-11-22(18)19/h3-14,16H,2,15,17H2,1H3. The van der Waals surface area contributed by atoms with E-state index in [-0.39, 0.29) is 12.3 Å². The van der Waals surface area contributed by atoms with Gasteiger partial charge in [0.25, 0.3) is 0 Å². The molecule has 0 aliphatic rings. The highest BCUT2D eigenvalue weighted by atomic mass is 32.1. The molecule has 0 bridgehead atoms. The average Bonchev–Trinajstić information content (AvgIpc) is 3.47. The highest BCUT2D eigenvalue weighted by molar-refractivity contribution is 7.22. The summed E-state index contributed by atoms with van der Waals surface area (Å²) >= 11 is 1.48. The van der Waals surface area contributed by atoms with Gasteiger partial charge >= 0.3 is 0 Å². The number of carbonyl (C=O) groups is 1. The van der Waals surface area contributed by atoms with E-state index in [1.54, 1.807) is 11.2 Å². The summed E-state index contributed by atoms with van der Waals surface area (Å²) in [7, 11) is 0. The molecule has 1 amide bonds. The van der Waals surface area contributed by atoms with Crippen molar-refractivity contribution in [2.75, 3.05) is 11.5 Å². The number of aromatic nitrogens is 1. The number of fused-ring (bicyclic) bond motifs is 2. The Balaban J connectivity index is 1.50. The SMILES string of the molecule is CCOc1ccc2nc(N(Cc3ccco3)C(=O)Cc3cccc4ccccc34)sc2c1. The first-order valence-corrected chi connectivity index (χ1v) is 11.4. The molecule has 0 saturated carbocycles. The summed E-state index contributed by atoms with van der Waals surface area (Å²) in [6.07, 6.45) is 1.90. The molecule has 5 nitrogen and oxygen atoms in total. The second kappa shape index (κ2) is 8.85. The normalized spacial score (nSPS) is 11.2. The third kappa shape index (κ3) is 4.09. The second-order valence-corrected chi connectivity index (χ2v) is 8.44. The van der Waals surface area contributed by atoms with Crippen LogP contribution in [0.2, 0.25) is 0 Å². The van der Waals surface area contributed by atoms with Gasteiger partial charge in [0.1, 0.15) is 11.5 Å². The van der Waals surface area contributed by atoms with Crippen molar-refractivity contribution in [3.8, 4) is 5.75 Å². The van der Waals surface area contributed by atoms with E-state index in [2.05, 4.69) is 18.2 Å². The van der Waals surface area contributed by atoms with Crippen LogP contribution in [0.1, 0.15) is 18.2 Å². The number of ether oxygens (including phenoxy) is 1. The number of thiazole rings is 1. The van der Waals surface area contributed by atoms with E-state index in [0.717, 1.165) is 32.3 Å². The van der Waals surface area contributed by atoms with Crippen molar-refractivity contribution in [2.24, 2.45) is 0 Å². The van der Waals surface area contributed by atoms with Crippen molar-refractivity contribution in [1.29, 1.82) is 0 Å². The minimum absolute atomic E-state index is 0.0261. The summed E-state index contributed by atoms with van der Waals surface area (Å²) in [5.41, 5.74) is 1.84. The lowest BCUT2D eigenvalue weighted by molar-refractivity contribution is -0.118. The molecule has 32 heavy (non-hydrogen) atoms. The van der Waals surface area contributed by atoms with Gasteiger partial charge in [-0.2, -0.15) is 0 Å². The van der Waals surface area contributed by atoms with E-state index < -0.39 is 0 Å². The summed E-state index contributed by atoms with van der Waals surface area (Å²) in [5.74, 6) is 1.49. The van der Waals surface area contributed by atoms with Crippen LogP contribution in [0.15, 0.2) is 83.5 Å². The molecule has 5 aromatic rings. The van der Waals surface area contributed by atoms with E-state index in [9.17, 15) is 4.79 Å². The maximum Gasteiger partial charge on any atom is 0.233 e. The first kappa shape index (κ1) is 20.3. The Morgan fingerprint density at radius 3 is 2.78 bits per heavy atom. The maximum atomic E-state index is 13.6. The summed E-state index contributed by atoms with van der Waals surface area (Å²) in [4.78, 5) is 20.0. The predicted octanol–water partition coefficient (Wildman–Crippen LogP) is 6.22. The van der Waals surface area contributed by atoms with Gasteiger partial charge in [-0.25, -0.2) is 4.98 Å². The number of furan rings is 1. The monoisotopic (exact) mass is 442 g/mol. The molecule has 6 heteroatoms. The zero-order chi connectivity index (χ0) is 21.9. The van der Waals surface area contributed by atoms with E-state index in [1.165, 1.54) is 11.3 Å². The molecule has 0 aliphatic carbocycles. The number of benzene rings is 3. The summed E-state index contributed by atoms with van der Waals surface area (Å²) in [6, 6.07) is 23.7. The lowest BCUT2D eigenvalue weighted by atomic mass is 10.0. The van der Waals surface area contributed by atoms with Gasteiger partial charge in [-0.1, -0.05) is 53.8 Å². The van der Waals surface area contributed by atoms with Crippen molar-refractivity contribution in [1.82, 2.24) is 4.98 Å². The van der Waals surface area contributed by atoms with E-state index in [0.29, 0.717) is 24.0 Å². The van der Waals surface area contributed by atoms with Gasteiger partial charge in [0.15, 0.2) is 5.13 Å². The van der Waals surface area contributed by atoms with E-state index in [4.69, 9.17) is 14.1 Å². The highest BCUT2D eigenvalue weighted by Crippen LogP contribution is 2.33. The maximum absolute atomic E-state index is 13.6. The minimum Gasteiger partial charge on any atom is -0.494 e. The number of hydrogen-bond acceptors (Lipinski definition) is 5. The molecule has 0 atom stereocenters. The molecule has 0 aliphatic heterocycles. The molecule has 0 N–H and O–H groups in total. The van der Waals surface area contributed by atoms with Crippen molar-refractivity contribution in [3.05, 3.63) is 90.4 Å². The Morgan fingerprint density at radius 2 is 1.94 bits per heavy atom. The second-order valence-electron chi connectivity index (χ2n) is 7.43. The van der Waals surface area contributed by atoms with Crippen LogP contribution in [-0.4, -0.2) is 17.5 Å². The highest BCUT2D eigenvalue weighted by Gasteiger charge is 2.22. The molecular formula is C26H22N2O3S. The number of anilines is 1. The molecule has 0 radical (unpaired) electrons. The largest absolute Gasteiger partial charge is 0.494 e. The summed E-state index contributed by atoms with van der Waals surface area (Å²) < 4.78 is 12.1. The Bertz CT molecular complexity index is 1370. The van der Waals surface area contributed by atoms with Crippen LogP contribution in [0.3, 0.4) is 0 Å². The molecule has 5 rings (SSSR count). The topological polar surface area (TPSA) is 55.6 Å². The summed E-state index contributed by atoms with van der Waals surface area (Å²) in [6.45, 7) is 2.89. The molecular weight excluding hydrogens is 420 g/mol. The quantitative estimate of drug-likeness (QED) is 0.300. The van der Waals surface area contributed by atoms with Crippen LogP contribution >= 0.6 is 11.3 Å². The third-order valence-electron chi connectivity index (χ3n) is 5.31. The molecule has 0 fully saturated rings. The Morgan fingerprint density at radius 1 is 1.06 bits per heavy atom. The minimum atomic E-state index is -0.0261. The molecule has 0 saturated heterocycles. The van der Waals surface area contributed by atoms with E-state index >= 15 is 0 Å². The fourth-order valence-corrected chi connectivity index (χ4v) is 4.80.